The maximum atomic E-state index is 13.2. The van der Waals surface area contributed by atoms with Crippen molar-refractivity contribution in [1.29, 1.82) is 0 Å². The molecule has 2 fully saturated rings. The van der Waals surface area contributed by atoms with E-state index in [0.717, 1.165) is 11.3 Å². The first-order valence-electron chi connectivity index (χ1n) is 9.88. The molecule has 2 aliphatic heterocycles. The number of hydrogen-bond donors (Lipinski definition) is 0. The van der Waals surface area contributed by atoms with E-state index in [0.29, 0.717) is 31.0 Å². The van der Waals surface area contributed by atoms with E-state index in [1.54, 1.807) is 42.6 Å². The van der Waals surface area contributed by atoms with Crippen LogP contribution in [0.2, 0.25) is 0 Å². The number of carbonyl (C=O) groups is 1. The Labute approximate surface area is 172 Å². The number of methoxy groups -OCH3 is 1. The molecule has 2 aliphatic rings. The zero-order chi connectivity index (χ0) is 20.6. The summed E-state index contributed by atoms with van der Waals surface area (Å²) >= 11 is 0. The van der Waals surface area contributed by atoms with E-state index >= 15 is 0 Å². The summed E-state index contributed by atoms with van der Waals surface area (Å²) in [4.78, 5) is 14.5. The number of hydrogen-bond acceptors (Lipinski definition) is 4. The highest BCUT2D eigenvalue weighted by Crippen LogP contribution is 2.43. The van der Waals surface area contributed by atoms with Gasteiger partial charge in [-0.25, -0.2) is 8.42 Å². The molecule has 3 atom stereocenters. The van der Waals surface area contributed by atoms with E-state index in [-0.39, 0.29) is 23.8 Å². The summed E-state index contributed by atoms with van der Waals surface area (Å²) in [6.45, 7) is 3.04. The Morgan fingerprint density at radius 3 is 2.52 bits per heavy atom. The minimum atomic E-state index is -3.55. The van der Waals surface area contributed by atoms with Gasteiger partial charge in [0.25, 0.3) is 0 Å². The molecule has 0 N–H and O–H groups in total. The molecule has 0 aromatic heterocycles. The SMILES string of the molecule is COc1cccc([C@@H]2CN(C(C)=O)[C@H]3CCN(S(=O)(=O)c4ccccc4)C[C@@H]23)c1. The number of fused-ring (bicyclic) bond motifs is 1. The van der Waals surface area contributed by atoms with Crippen molar-refractivity contribution in [3.63, 3.8) is 0 Å². The van der Waals surface area contributed by atoms with Crippen LogP contribution >= 0.6 is 0 Å². The van der Waals surface area contributed by atoms with Gasteiger partial charge in [0.1, 0.15) is 5.75 Å². The Morgan fingerprint density at radius 2 is 1.83 bits per heavy atom. The molecule has 2 aromatic carbocycles. The Kier molecular flexibility index (Phi) is 5.36. The number of likely N-dealkylation sites (tertiary alicyclic amines) is 1. The highest BCUT2D eigenvalue weighted by molar-refractivity contribution is 7.89. The molecule has 0 saturated carbocycles. The van der Waals surface area contributed by atoms with Crippen molar-refractivity contribution < 1.29 is 17.9 Å². The molecule has 2 heterocycles. The fourth-order valence-corrected chi connectivity index (χ4v) is 6.26. The second-order valence-corrected chi connectivity index (χ2v) is 9.69. The van der Waals surface area contributed by atoms with Crippen LogP contribution in [-0.2, 0) is 14.8 Å². The fraction of sp³-hybridized carbons (Fsp3) is 0.409. The summed E-state index contributed by atoms with van der Waals surface area (Å²) in [6, 6.07) is 16.5. The maximum absolute atomic E-state index is 13.2. The largest absolute Gasteiger partial charge is 0.497 e. The standard InChI is InChI=1S/C22H26N2O4S/c1-16(25)24-15-20(17-7-6-8-18(13-17)28-2)21-14-23(12-11-22(21)24)29(26,27)19-9-4-3-5-10-19/h3-10,13,20-22H,11-12,14-15H2,1-2H3/t20-,21-,22-/m0/s1. The number of carbonyl (C=O) groups excluding carboxylic acids is 1. The van der Waals surface area contributed by atoms with Crippen LogP contribution in [-0.4, -0.2) is 56.3 Å². The highest BCUT2D eigenvalue weighted by Gasteiger charge is 2.48. The predicted molar refractivity (Wildman–Crippen MR) is 110 cm³/mol. The average molecular weight is 415 g/mol. The van der Waals surface area contributed by atoms with E-state index < -0.39 is 10.0 Å². The van der Waals surface area contributed by atoms with Crippen molar-refractivity contribution in [2.75, 3.05) is 26.7 Å². The number of ether oxygens (including phenoxy) is 1. The Hall–Kier alpha value is -2.38. The first-order valence-corrected chi connectivity index (χ1v) is 11.3. The van der Waals surface area contributed by atoms with E-state index in [2.05, 4.69) is 0 Å². The summed E-state index contributed by atoms with van der Waals surface area (Å²) < 4.78 is 33.3. The van der Waals surface area contributed by atoms with E-state index in [9.17, 15) is 13.2 Å². The fourth-order valence-electron chi connectivity index (χ4n) is 4.75. The van der Waals surface area contributed by atoms with Gasteiger partial charge in [-0.05, 0) is 36.2 Å². The number of nitrogens with zero attached hydrogens (tertiary/aromatic N) is 2. The van der Waals surface area contributed by atoms with Crippen LogP contribution in [0, 0.1) is 5.92 Å². The molecular weight excluding hydrogens is 388 g/mol. The third-order valence-corrected chi connectivity index (χ3v) is 8.08. The van der Waals surface area contributed by atoms with Crippen molar-refractivity contribution in [3.05, 3.63) is 60.2 Å². The Morgan fingerprint density at radius 1 is 1.07 bits per heavy atom. The van der Waals surface area contributed by atoms with Crippen molar-refractivity contribution in [2.45, 2.75) is 30.2 Å². The van der Waals surface area contributed by atoms with Crippen LogP contribution < -0.4 is 4.74 Å². The summed E-state index contributed by atoms with van der Waals surface area (Å²) in [7, 11) is -1.92. The van der Waals surface area contributed by atoms with Gasteiger partial charge in [0.05, 0.1) is 12.0 Å². The maximum Gasteiger partial charge on any atom is 0.243 e. The molecule has 6 nitrogen and oxygen atoms in total. The van der Waals surface area contributed by atoms with Gasteiger partial charge in [-0.1, -0.05) is 30.3 Å². The van der Waals surface area contributed by atoms with Crippen LogP contribution in [0.4, 0.5) is 0 Å². The van der Waals surface area contributed by atoms with Crippen LogP contribution in [0.5, 0.6) is 5.75 Å². The van der Waals surface area contributed by atoms with Crippen molar-refractivity contribution in [2.24, 2.45) is 5.92 Å². The second kappa shape index (κ2) is 7.80. The summed E-state index contributed by atoms with van der Waals surface area (Å²) in [6.07, 6.45) is 0.650. The lowest BCUT2D eigenvalue weighted by molar-refractivity contribution is -0.130. The van der Waals surface area contributed by atoms with Crippen molar-refractivity contribution in [3.8, 4) is 5.75 Å². The molecule has 0 unspecified atom stereocenters. The molecule has 2 aromatic rings. The van der Waals surface area contributed by atoms with Crippen LogP contribution in [0.3, 0.4) is 0 Å². The molecule has 2 saturated heterocycles. The van der Waals surface area contributed by atoms with Crippen LogP contribution in [0.1, 0.15) is 24.8 Å². The number of rotatable bonds is 4. The molecule has 0 aliphatic carbocycles. The van der Waals surface area contributed by atoms with E-state index in [4.69, 9.17) is 4.74 Å². The van der Waals surface area contributed by atoms with Crippen molar-refractivity contribution in [1.82, 2.24) is 9.21 Å². The van der Waals surface area contributed by atoms with Gasteiger partial charge >= 0.3 is 0 Å². The van der Waals surface area contributed by atoms with Gasteiger partial charge in [-0.3, -0.25) is 4.79 Å². The normalized spacial score (nSPS) is 24.9. The number of benzene rings is 2. The van der Waals surface area contributed by atoms with Crippen LogP contribution in [0.15, 0.2) is 59.5 Å². The monoisotopic (exact) mass is 414 g/mol. The molecule has 0 radical (unpaired) electrons. The van der Waals surface area contributed by atoms with E-state index in [1.807, 2.05) is 35.2 Å². The Bertz CT molecular complexity index is 993. The molecule has 7 heteroatoms. The summed E-state index contributed by atoms with van der Waals surface area (Å²) in [5.74, 6) is 0.945. The quantitative estimate of drug-likeness (QED) is 0.772. The number of amides is 1. The lowest BCUT2D eigenvalue weighted by atomic mass is 9.82. The van der Waals surface area contributed by atoms with Gasteiger partial charge in [0, 0.05) is 44.4 Å². The van der Waals surface area contributed by atoms with Gasteiger partial charge in [0.2, 0.25) is 15.9 Å². The molecule has 154 valence electrons. The third-order valence-electron chi connectivity index (χ3n) is 6.20. The summed E-state index contributed by atoms with van der Waals surface area (Å²) in [5.41, 5.74) is 1.09. The topological polar surface area (TPSA) is 66.9 Å². The second-order valence-electron chi connectivity index (χ2n) is 7.75. The molecule has 4 rings (SSSR count). The molecule has 29 heavy (non-hydrogen) atoms. The zero-order valence-electron chi connectivity index (χ0n) is 16.7. The number of piperidine rings is 1. The van der Waals surface area contributed by atoms with E-state index in [1.165, 1.54) is 0 Å². The van der Waals surface area contributed by atoms with Gasteiger partial charge in [-0.15, -0.1) is 0 Å². The smallest absolute Gasteiger partial charge is 0.243 e. The van der Waals surface area contributed by atoms with Gasteiger partial charge in [0.15, 0.2) is 0 Å². The first-order chi connectivity index (χ1) is 13.9. The molecule has 0 spiro atoms. The zero-order valence-corrected chi connectivity index (χ0v) is 17.5. The van der Waals surface area contributed by atoms with Gasteiger partial charge < -0.3 is 9.64 Å². The van der Waals surface area contributed by atoms with Gasteiger partial charge in [-0.2, -0.15) is 4.31 Å². The first kappa shape index (κ1) is 19.9. The predicted octanol–water partition coefficient (Wildman–Crippen LogP) is 2.72. The molecular formula is C22H26N2O4S. The lowest BCUT2D eigenvalue weighted by Gasteiger charge is -2.38. The lowest BCUT2D eigenvalue weighted by Crippen LogP contribution is -2.49. The minimum Gasteiger partial charge on any atom is -0.497 e. The molecule has 1 amide bonds. The van der Waals surface area contributed by atoms with Crippen LogP contribution in [0.25, 0.3) is 0 Å². The van der Waals surface area contributed by atoms with Crippen molar-refractivity contribution >= 4 is 15.9 Å². The Balaban J connectivity index is 1.66. The molecule has 0 bridgehead atoms. The average Bonchev–Trinajstić information content (AvgIpc) is 3.13. The minimum absolute atomic E-state index is 0.0461. The third kappa shape index (κ3) is 3.65. The number of sulfonamides is 1. The summed E-state index contributed by atoms with van der Waals surface area (Å²) in [5, 5.41) is 0. The highest BCUT2D eigenvalue weighted by atomic mass is 32.2.